The molecule has 0 saturated carbocycles. The first-order valence-corrected chi connectivity index (χ1v) is 7.60. The monoisotopic (exact) mass is 325 g/mol. The molecule has 0 aliphatic rings. The zero-order chi connectivity index (χ0) is 16.8. The number of aryl methyl sites for hydroxylation is 1. The molecule has 24 heavy (non-hydrogen) atoms. The maximum atomic E-state index is 13.5. The molecule has 1 N–H and O–H groups in total. The van der Waals surface area contributed by atoms with Gasteiger partial charge in [-0.1, -0.05) is 53.7 Å². The molecule has 122 valence electrons. The maximum absolute atomic E-state index is 13.5. The molecule has 0 aliphatic carbocycles. The largest absolute Gasteiger partial charge is 0.352 e. The van der Waals surface area contributed by atoms with Gasteiger partial charge in [-0.2, -0.15) is 4.98 Å². The molecule has 0 fully saturated rings. The average molecular weight is 325 g/mol. The molecule has 1 aromatic heterocycles. The summed E-state index contributed by atoms with van der Waals surface area (Å²) in [4.78, 5) is 16.1. The van der Waals surface area contributed by atoms with E-state index in [4.69, 9.17) is 4.52 Å². The Balaban J connectivity index is 1.50. The number of rotatable bonds is 6. The molecule has 3 aromatic rings. The van der Waals surface area contributed by atoms with Crippen LogP contribution in [0.4, 0.5) is 4.39 Å². The van der Waals surface area contributed by atoms with E-state index in [2.05, 4.69) is 15.5 Å². The normalized spacial score (nSPS) is 10.5. The van der Waals surface area contributed by atoms with Crippen LogP contribution in [0, 0.1) is 5.82 Å². The Morgan fingerprint density at radius 1 is 1.08 bits per heavy atom. The molecule has 5 nitrogen and oxygen atoms in total. The summed E-state index contributed by atoms with van der Waals surface area (Å²) in [6.07, 6.45) is 0.536. The first kappa shape index (κ1) is 15.9. The highest BCUT2D eigenvalue weighted by atomic mass is 19.1. The molecule has 1 heterocycles. The van der Waals surface area contributed by atoms with Crippen LogP contribution < -0.4 is 5.32 Å². The first-order valence-electron chi connectivity index (χ1n) is 7.60. The molecule has 3 rings (SSSR count). The van der Waals surface area contributed by atoms with Gasteiger partial charge in [-0.15, -0.1) is 0 Å². The lowest BCUT2D eigenvalue weighted by Crippen LogP contribution is -2.23. The van der Waals surface area contributed by atoms with Crippen molar-refractivity contribution in [3.63, 3.8) is 0 Å². The third-order valence-corrected chi connectivity index (χ3v) is 3.50. The summed E-state index contributed by atoms with van der Waals surface area (Å²) < 4.78 is 18.6. The molecular weight excluding hydrogens is 309 g/mol. The van der Waals surface area contributed by atoms with Crippen LogP contribution >= 0.6 is 0 Å². The van der Waals surface area contributed by atoms with Crippen LogP contribution in [0.1, 0.15) is 17.9 Å². The second kappa shape index (κ2) is 7.50. The zero-order valence-corrected chi connectivity index (χ0v) is 12.9. The van der Waals surface area contributed by atoms with Crippen molar-refractivity contribution in [1.29, 1.82) is 0 Å². The van der Waals surface area contributed by atoms with Crippen LogP contribution in [0.15, 0.2) is 59.1 Å². The summed E-state index contributed by atoms with van der Waals surface area (Å²) in [5.74, 6) is 0.368. The van der Waals surface area contributed by atoms with E-state index in [1.165, 1.54) is 6.07 Å². The number of aromatic nitrogens is 2. The average Bonchev–Trinajstić information content (AvgIpc) is 3.09. The van der Waals surface area contributed by atoms with Gasteiger partial charge in [0, 0.05) is 30.5 Å². The predicted molar refractivity (Wildman–Crippen MR) is 86.3 cm³/mol. The molecule has 1 amide bonds. The highest BCUT2D eigenvalue weighted by Crippen LogP contribution is 2.15. The van der Waals surface area contributed by atoms with Crippen LogP contribution in [-0.4, -0.2) is 16.0 Å². The molecule has 0 spiro atoms. The van der Waals surface area contributed by atoms with Crippen LogP contribution in [0.25, 0.3) is 11.4 Å². The van der Waals surface area contributed by atoms with Crippen molar-refractivity contribution < 1.29 is 13.7 Å². The minimum absolute atomic E-state index is 0.157. The minimum Gasteiger partial charge on any atom is -0.352 e. The molecule has 6 heteroatoms. The fourth-order valence-corrected chi connectivity index (χ4v) is 2.21. The van der Waals surface area contributed by atoms with E-state index in [9.17, 15) is 9.18 Å². The van der Waals surface area contributed by atoms with Gasteiger partial charge in [0.1, 0.15) is 5.82 Å². The van der Waals surface area contributed by atoms with Gasteiger partial charge in [0.25, 0.3) is 0 Å². The van der Waals surface area contributed by atoms with Gasteiger partial charge in [0.15, 0.2) is 0 Å². The van der Waals surface area contributed by atoms with Gasteiger partial charge in [0.2, 0.25) is 17.6 Å². The maximum Gasteiger partial charge on any atom is 0.227 e. The highest BCUT2D eigenvalue weighted by Gasteiger charge is 2.11. The van der Waals surface area contributed by atoms with Gasteiger partial charge in [-0.25, -0.2) is 4.39 Å². The summed E-state index contributed by atoms with van der Waals surface area (Å²) in [5.41, 5.74) is 1.31. The van der Waals surface area contributed by atoms with Gasteiger partial charge in [-0.05, 0) is 6.07 Å². The minimum atomic E-state index is -0.331. The van der Waals surface area contributed by atoms with Crippen LogP contribution in [-0.2, 0) is 17.8 Å². The van der Waals surface area contributed by atoms with Crippen LogP contribution in [0.2, 0.25) is 0 Å². The summed E-state index contributed by atoms with van der Waals surface area (Å²) in [6, 6.07) is 15.8. The lowest BCUT2D eigenvalue weighted by Gasteiger charge is -2.05. The van der Waals surface area contributed by atoms with Crippen molar-refractivity contribution in [2.45, 2.75) is 19.4 Å². The Morgan fingerprint density at radius 2 is 1.83 bits per heavy atom. The number of carbonyl (C=O) groups is 1. The second-order valence-electron chi connectivity index (χ2n) is 5.25. The quantitative estimate of drug-likeness (QED) is 0.756. The van der Waals surface area contributed by atoms with E-state index in [-0.39, 0.29) is 24.7 Å². The fourth-order valence-electron chi connectivity index (χ4n) is 2.21. The van der Waals surface area contributed by atoms with Crippen molar-refractivity contribution in [3.05, 3.63) is 71.9 Å². The van der Waals surface area contributed by atoms with Crippen molar-refractivity contribution in [1.82, 2.24) is 15.5 Å². The number of halogens is 1. The topological polar surface area (TPSA) is 68.0 Å². The van der Waals surface area contributed by atoms with Crippen LogP contribution in [0.5, 0.6) is 0 Å². The van der Waals surface area contributed by atoms with Gasteiger partial charge >= 0.3 is 0 Å². The highest BCUT2D eigenvalue weighted by molar-refractivity contribution is 5.76. The number of hydrogen-bond acceptors (Lipinski definition) is 4. The smallest absolute Gasteiger partial charge is 0.227 e. The third-order valence-electron chi connectivity index (χ3n) is 3.50. The Labute approximate surface area is 138 Å². The van der Waals surface area contributed by atoms with Gasteiger partial charge in [0.05, 0.1) is 0 Å². The molecule has 2 aromatic carbocycles. The Hall–Kier alpha value is -3.02. The molecule has 0 atom stereocenters. The van der Waals surface area contributed by atoms with Gasteiger partial charge in [-0.3, -0.25) is 4.79 Å². The zero-order valence-electron chi connectivity index (χ0n) is 12.9. The standard InChI is InChI=1S/C18H16FN3O2/c19-15-9-5-4-8-14(15)12-20-16(23)10-11-17-21-18(22-24-17)13-6-2-1-3-7-13/h1-9H,10-12H2,(H,20,23). The number of carbonyl (C=O) groups excluding carboxylic acids is 1. The Bertz CT molecular complexity index is 818. The lowest BCUT2D eigenvalue weighted by molar-refractivity contribution is -0.121. The van der Waals surface area contributed by atoms with Gasteiger partial charge < -0.3 is 9.84 Å². The molecular formula is C18H16FN3O2. The lowest BCUT2D eigenvalue weighted by atomic mass is 10.2. The van der Waals surface area contributed by atoms with E-state index in [0.29, 0.717) is 23.7 Å². The number of nitrogens with zero attached hydrogens (tertiary/aromatic N) is 2. The van der Waals surface area contributed by atoms with E-state index in [1.54, 1.807) is 18.2 Å². The molecule has 0 bridgehead atoms. The number of nitrogens with one attached hydrogen (secondary N) is 1. The van der Waals surface area contributed by atoms with E-state index < -0.39 is 0 Å². The second-order valence-corrected chi connectivity index (χ2v) is 5.25. The number of hydrogen-bond donors (Lipinski definition) is 1. The van der Waals surface area contributed by atoms with E-state index >= 15 is 0 Å². The molecule has 0 radical (unpaired) electrons. The van der Waals surface area contributed by atoms with Crippen molar-refractivity contribution in [2.75, 3.05) is 0 Å². The Kier molecular flexibility index (Phi) is 4.96. The fraction of sp³-hybridized carbons (Fsp3) is 0.167. The summed E-state index contributed by atoms with van der Waals surface area (Å²) >= 11 is 0. The third kappa shape index (κ3) is 4.04. The predicted octanol–water partition coefficient (Wildman–Crippen LogP) is 3.12. The molecule has 0 saturated heterocycles. The summed E-state index contributed by atoms with van der Waals surface area (Å²) in [6.45, 7) is 0.157. The summed E-state index contributed by atoms with van der Waals surface area (Å²) in [5, 5.41) is 6.58. The van der Waals surface area contributed by atoms with Crippen molar-refractivity contribution in [2.24, 2.45) is 0 Å². The van der Waals surface area contributed by atoms with Crippen molar-refractivity contribution >= 4 is 5.91 Å². The summed E-state index contributed by atoms with van der Waals surface area (Å²) in [7, 11) is 0. The first-order chi connectivity index (χ1) is 11.7. The Morgan fingerprint density at radius 3 is 2.62 bits per heavy atom. The van der Waals surface area contributed by atoms with Crippen molar-refractivity contribution in [3.8, 4) is 11.4 Å². The van der Waals surface area contributed by atoms with E-state index in [1.807, 2.05) is 30.3 Å². The number of amides is 1. The van der Waals surface area contributed by atoms with Crippen LogP contribution in [0.3, 0.4) is 0 Å². The molecule has 0 aliphatic heterocycles. The van der Waals surface area contributed by atoms with E-state index in [0.717, 1.165) is 5.56 Å². The molecule has 0 unspecified atom stereocenters. The number of benzene rings is 2. The SMILES string of the molecule is O=C(CCc1nc(-c2ccccc2)no1)NCc1ccccc1F.